The molecule has 1 aliphatic heterocycles. The van der Waals surface area contributed by atoms with E-state index in [2.05, 4.69) is 28.5 Å². The lowest BCUT2D eigenvalue weighted by atomic mass is 9.91. The number of aromatic nitrogens is 1. The molecular weight excluding hydrogens is 260 g/mol. The number of piperidine rings is 1. The average Bonchev–Trinajstić information content (AvgIpc) is 2.56. The normalized spacial score (nSPS) is 18.4. The van der Waals surface area contributed by atoms with Crippen LogP contribution in [0.25, 0.3) is 0 Å². The number of para-hydroxylation sites is 1. The Balaban J connectivity index is 1.79. The molecule has 3 nitrogen and oxygen atoms in total. The number of methoxy groups -OCH3 is 1. The minimum Gasteiger partial charge on any atom is -0.496 e. The van der Waals surface area contributed by atoms with Crippen molar-refractivity contribution in [1.82, 2.24) is 10.3 Å². The number of benzene rings is 1. The number of hydrogen-bond acceptors (Lipinski definition) is 3. The van der Waals surface area contributed by atoms with Gasteiger partial charge in [0.25, 0.3) is 0 Å². The highest BCUT2D eigenvalue weighted by molar-refractivity contribution is 5.37. The summed E-state index contributed by atoms with van der Waals surface area (Å²) in [5.74, 6) is 1.56. The SMILES string of the molecule is COc1ccccc1Cc1cc(C2CCCNC2)ccn1. The van der Waals surface area contributed by atoms with Crippen molar-refractivity contribution < 1.29 is 4.74 Å². The first kappa shape index (κ1) is 14.1. The van der Waals surface area contributed by atoms with Gasteiger partial charge in [-0.15, -0.1) is 0 Å². The second-order valence-corrected chi connectivity index (χ2v) is 5.61. The third-order valence-corrected chi connectivity index (χ3v) is 4.17. The number of rotatable bonds is 4. The third kappa shape index (κ3) is 3.42. The van der Waals surface area contributed by atoms with Crippen molar-refractivity contribution in [2.24, 2.45) is 0 Å². The van der Waals surface area contributed by atoms with Crippen LogP contribution in [0.2, 0.25) is 0 Å². The fraction of sp³-hybridized carbons (Fsp3) is 0.389. The molecule has 1 atom stereocenters. The molecule has 1 N–H and O–H groups in total. The van der Waals surface area contributed by atoms with Crippen LogP contribution >= 0.6 is 0 Å². The Morgan fingerprint density at radius 2 is 2.19 bits per heavy atom. The second kappa shape index (κ2) is 6.72. The summed E-state index contributed by atoms with van der Waals surface area (Å²) in [6, 6.07) is 12.6. The van der Waals surface area contributed by atoms with Crippen LogP contribution in [-0.2, 0) is 6.42 Å². The van der Waals surface area contributed by atoms with Crippen LogP contribution < -0.4 is 10.1 Å². The molecule has 1 unspecified atom stereocenters. The zero-order chi connectivity index (χ0) is 14.5. The summed E-state index contributed by atoms with van der Waals surface area (Å²) in [6.07, 6.45) is 5.28. The Morgan fingerprint density at radius 1 is 1.29 bits per heavy atom. The van der Waals surface area contributed by atoms with Crippen molar-refractivity contribution in [3.05, 3.63) is 59.4 Å². The number of pyridine rings is 1. The van der Waals surface area contributed by atoms with Crippen LogP contribution in [0, 0.1) is 0 Å². The molecule has 1 saturated heterocycles. The van der Waals surface area contributed by atoms with E-state index in [4.69, 9.17) is 4.74 Å². The van der Waals surface area contributed by atoms with E-state index in [0.29, 0.717) is 5.92 Å². The quantitative estimate of drug-likeness (QED) is 0.935. The fourth-order valence-electron chi connectivity index (χ4n) is 3.03. The number of ether oxygens (including phenoxy) is 1. The van der Waals surface area contributed by atoms with E-state index in [9.17, 15) is 0 Å². The average molecular weight is 282 g/mol. The molecule has 110 valence electrons. The van der Waals surface area contributed by atoms with Gasteiger partial charge in [-0.05, 0) is 49.1 Å². The molecule has 3 heteroatoms. The third-order valence-electron chi connectivity index (χ3n) is 4.17. The molecule has 0 aliphatic carbocycles. The van der Waals surface area contributed by atoms with Gasteiger partial charge in [0.1, 0.15) is 5.75 Å². The number of nitrogens with zero attached hydrogens (tertiary/aromatic N) is 1. The van der Waals surface area contributed by atoms with Gasteiger partial charge in [0.15, 0.2) is 0 Å². The summed E-state index contributed by atoms with van der Waals surface area (Å²) in [7, 11) is 1.72. The first-order valence-corrected chi connectivity index (χ1v) is 7.64. The molecule has 21 heavy (non-hydrogen) atoms. The summed E-state index contributed by atoms with van der Waals surface area (Å²) < 4.78 is 5.43. The molecule has 1 aliphatic rings. The predicted molar refractivity (Wildman–Crippen MR) is 84.9 cm³/mol. The van der Waals surface area contributed by atoms with Gasteiger partial charge in [-0.3, -0.25) is 4.98 Å². The van der Waals surface area contributed by atoms with Gasteiger partial charge in [-0.2, -0.15) is 0 Å². The summed E-state index contributed by atoms with van der Waals surface area (Å²) in [4.78, 5) is 4.53. The van der Waals surface area contributed by atoms with Crippen molar-refractivity contribution in [3.63, 3.8) is 0 Å². The fourth-order valence-corrected chi connectivity index (χ4v) is 3.03. The van der Waals surface area contributed by atoms with Gasteiger partial charge in [0.2, 0.25) is 0 Å². The topological polar surface area (TPSA) is 34.1 Å². The molecule has 1 aromatic heterocycles. The van der Waals surface area contributed by atoms with Crippen LogP contribution in [0.15, 0.2) is 42.6 Å². The zero-order valence-electron chi connectivity index (χ0n) is 12.5. The molecule has 3 rings (SSSR count). The number of nitrogens with one attached hydrogen (secondary N) is 1. The maximum absolute atomic E-state index is 5.43. The van der Waals surface area contributed by atoms with Gasteiger partial charge in [0.05, 0.1) is 7.11 Å². The smallest absolute Gasteiger partial charge is 0.122 e. The highest BCUT2D eigenvalue weighted by Crippen LogP contribution is 2.25. The van der Waals surface area contributed by atoms with Gasteiger partial charge in [-0.1, -0.05) is 18.2 Å². The Labute approximate surface area is 126 Å². The number of hydrogen-bond donors (Lipinski definition) is 1. The Hall–Kier alpha value is -1.87. The van der Waals surface area contributed by atoms with Crippen molar-refractivity contribution in [2.45, 2.75) is 25.2 Å². The molecule has 0 bridgehead atoms. The summed E-state index contributed by atoms with van der Waals surface area (Å²) in [5, 5.41) is 3.48. The first-order chi connectivity index (χ1) is 10.4. The van der Waals surface area contributed by atoms with Crippen molar-refractivity contribution in [2.75, 3.05) is 20.2 Å². The lowest BCUT2D eigenvalue weighted by molar-refractivity contribution is 0.410. The van der Waals surface area contributed by atoms with E-state index < -0.39 is 0 Å². The highest BCUT2D eigenvalue weighted by atomic mass is 16.5. The predicted octanol–water partition coefficient (Wildman–Crippen LogP) is 3.15. The Kier molecular flexibility index (Phi) is 4.51. The van der Waals surface area contributed by atoms with E-state index >= 15 is 0 Å². The highest BCUT2D eigenvalue weighted by Gasteiger charge is 2.15. The largest absolute Gasteiger partial charge is 0.496 e. The van der Waals surface area contributed by atoms with E-state index in [1.54, 1.807) is 7.11 Å². The van der Waals surface area contributed by atoms with E-state index in [0.717, 1.165) is 31.0 Å². The van der Waals surface area contributed by atoms with Crippen LogP contribution in [0.5, 0.6) is 5.75 Å². The van der Waals surface area contributed by atoms with Crippen molar-refractivity contribution in [3.8, 4) is 5.75 Å². The standard InChI is InChI=1S/C18H22N2O/c1-21-18-7-3-2-5-15(18)12-17-11-14(8-10-20-17)16-6-4-9-19-13-16/h2-3,5,7-8,10-11,16,19H,4,6,9,12-13H2,1H3. The molecule has 2 heterocycles. The van der Waals surface area contributed by atoms with E-state index in [1.807, 2.05) is 24.4 Å². The minimum atomic E-state index is 0.623. The van der Waals surface area contributed by atoms with Crippen molar-refractivity contribution in [1.29, 1.82) is 0 Å². The van der Waals surface area contributed by atoms with Gasteiger partial charge in [-0.25, -0.2) is 0 Å². The lowest BCUT2D eigenvalue weighted by Crippen LogP contribution is -2.28. The maximum Gasteiger partial charge on any atom is 0.122 e. The lowest BCUT2D eigenvalue weighted by Gasteiger charge is -2.23. The molecule has 1 fully saturated rings. The monoisotopic (exact) mass is 282 g/mol. The summed E-state index contributed by atoms with van der Waals surface area (Å²) in [6.45, 7) is 2.23. The summed E-state index contributed by atoms with van der Waals surface area (Å²) >= 11 is 0. The van der Waals surface area contributed by atoms with Crippen LogP contribution in [0.4, 0.5) is 0 Å². The molecule has 1 aromatic carbocycles. The zero-order valence-corrected chi connectivity index (χ0v) is 12.5. The van der Waals surface area contributed by atoms with Gasteiger partial charge in [0, 0.05) is 30.4 Å². The molecule has 0 radical (unpaired) electrons. The van der Waals surface area contributed by atoms with Crippen LogP contribution in [0.3, 0.4) is 0 Å². The van der Waals surface area contributed by atoms with Crippen LogP contribution in [-0.4, -0.2) is 25.2 Å². The molecule has 2 aromatic rings. The molecule has 0 spiro atoms. The Bertz CT molecular complexity index is 591. The van der Waals surface area contributed by atoms with Gasteiger partial charge >= 0.3 is 0 Å². The van der Waals surface area contributed by atoms with E-state index in [-0.39, 0.29) is 0 Å². The minimum absolute atomic E-state index is 0.623. The maximum atomic E-state index is 5.43. The Morgan fingerprint density at radius 3 is 3.00 bits per heavy atom. The first-order valence-electron chi connectivity index (χ1n) is 7.64. The molecule has 0 amide bonds. The van der Waals surface area contributed by atoms with E-state index in [1.165, 1.54) is 24.0 Å². The van der Waals surface area contributed by atoms with Crippen LogP contribution in [0.1, 0.15) is 35.6 Å². The molecule has 0 saturated carbocycles. The van der Waals surface area contributed by atoms with Gasteiger partial charge < -0.3 is 10.1 Å². The molecular formula is C18H22N2O. The second-order valence-electron chi connectivity index (χ2n) is 5.61. The summed E-state index contributed by atoms with van der Waals surface area (Å²) in [5.41, 5.74) is 3.70. The van der Waals surface area contributed by atoms with Crippen molar-refractivity contribution >= 4 is 0 Å².